The van der Waals surface area contributed by atoms with Crippen LogP contribution in [0, 0.1) is 11.6 Å². The molecule has 0 saturated heterocycles. The number of halogens is 4. The minimum Gasteiger partial charge on any atom is -0.415 e. The van der Waals surface area contributed by atoms with E-state index in [-0.39, 0.29) is 23.6 Å². The van der Waals surface area contributed by atoms with Crippen molar-refractivity contribution >= 4 is 0 Å². The molecule has 124 valence electrons. The zero-order chi connectivity index (χ0) is 17.3. The molecule has 0 N–H and O–H groups in total. The van der Waals surface area contributed by atoms with Crippen molar-refractivity contribution < 1.29 is 22.0 Å². The van der Waals surface area contributed by atoms with Gasteiger partial charge in [0.15, 0.2) is 0 Å². The first kappa shape index (κ1) is 15.9. The van der Waals surface area contributed by atoms with Gasteiger partial charge in [-0.3, -0.25) is 4.79 Å². The van der Waals surface area contributed by atoms with Gasteiger partial charge >= 0.3 is 6.43 Å². The number of aromatic nitrogens is 3. The Morgan fingerprint density at radius 1 is 1.08 bits per heavy atom. The fourth-order valence-corrected chi connectivity index (χ4v) is 2.11. The summed E-state index contributed by atoms with van der Waals surface area (Å²) >= 11 is 0. The standard InChI is InChI=1S/C15H9F4N3O2/c16-10-3-8(4-11(17)6-10)7-22-2-1-9(5-12(22)23)14-20-21-15(24-14)13(18)19/h1-6,13H,7H2. The predicted molar refractivity (Wildman–Crippen MR) is 74.4 cm³/mol. The maximum Gasteiger partial charge on any atom is 0.314 e. The van der Waals surface area contributed by atoms with Crippen molar-refractivity contribution in [2.24, 2.45) is 0 Å². The molecule has 0 spiro atoms. The highest BCUT2D eigenvalue weighted by Gasteiger charge is 2.17. The van der Waals surface area contributed by atoms with Crippen LogP contribution < -0.4 is 5.56 Å². The van der Waals surface area contributed by atoms with Crippen LogP contribution >= 0.6 is 0 Å². The summed E-state index contributed by atoms with van der Waals surface area (Å²) in [6.45, 7) is -0.0556. The van der Waals surface area contributed by atoms with Gasteiger partial charge in [-0.15, -0.1) is 10.2 Å². The Kier molecular flexibility index (Phi) is 4.15. The van der Waals surface area contributed by atoms with Crippen LogP contribution in [-0.2, 0) is 6.54 Å². The van der Waals surface area contributed by atoms with Crippen molar-refractivity contribution in [2.45, 2.75) is 13.0 Å². The number of hydrogen-bond acceptors (Lipinski definition) is 4. The summed E-state index contributed by atoms with van der Waals surface area (Å²) in [6, 6.07) is 5.45. The van der Waals surface area contributed by atoms with Gasteiger partial charge in [-0.25, -0.2) is 8.78 Å². The second kappa shape index (κ2) is 6.26. The topological polar surface area (TPSA) is 60.9 Å². The molecule has 0 atom stereocenters. The molecule has 0 bridgehead atoms. The van der Waals surface area contributed by atoms with E-state index in [9.17, 15) is 22.4 Å². The van der Waals surface area contributed by atoms with Gasteiger partial charge in [0.1, 0.15) is 11.6 Å². The number of pyridine rings is 1. The fraction of sp³-hybridized carbons (Fsp3) is 0.133. The number of alkyl halides is 2. The molecule has 0 amide bonds. The van der Waals surface area contributed by atoms with E-state index in [2.05, 4.69) is 10.2 Å². The molecule has 0 fully saturated rings. The van der Waals surface area contributed by atoms with E-state index in [1.807, 2.05) is 0 Å². The number of rotatable bonds is 4. The third kappa shape index (κ3) is 3.34. The van der Waals surface area contributed by atoms with Gasteiger partial charge in [-0.1, -0.05) is 0 Å². The first-order valence-electron chi connectivity index (χ1n) is 6.70. The number of benzene rings is 1. The summed E-state index contributed by atoms with van der Waals surface area (Å²) in [4.78, 5) is 12.1. The Balaban J connectivity index is 1.88. The van der Waals surface area contributed by atoms with Gasteiger partial charge in [-0.2, -0.15) is 8.78 Å². The van der Waals surface area contributed by atoms with Crippen LogP contribution in [-0.4, -0.2) is 14.8 Å². The van der Waals surface area contributed by atoms with Crippen LogP contribution in [0.1, 0.15) is 17.9 Å². The molecule has 0 radical (unpaired) electrons. The Labute approximate surface area is 132 Å². The molecule has 3 rings (SSSR count). The highest BCUT2D eigenvalue weighted by atomic mass is 19.3. The molecular formula is C15H9F4N3O2. The summed E-state index contributed by atoms with van der Waals surface area (Å²) in [6.07, 6.45) is -1.57. The quantitative estimate of drug-likeness (QED) is 0.685. The molecule has 0 aliphatic heterocycles. The molecule has 0 aliphatic carbocycles. The van der Waals surface area contributed by atoms with Crippen molar-refractivity contribution in [2.75, 3.05) is 0 Å². The van der Waals surface area contributed by atoms with E-state index in [0.717, 1.165) is 24.3 Å². The van der Waals surface area contributed by atoms with Crippen LogP contribution in [0.15, 0.2) is 45.7 Å². The normalized spacial score (nSPS) is 11.2. The van der Waals surface area contributed by atoms with E-state index in [1.165, 1.54) is 16.8 Å². The zero-order valence-corrected chi connectivity index (χ0v) is 11.9. The van der Waals surface area contributed by atoms with E-state index >= 15 is 0 Å². The monoisotopic (exact) mass is 339 g/mol. The highest BCUT2D eigenvalue weighted by molar-refractivity contribution is 5.51. The van der Waals surface area contributed by atoms with Crippen molar-refractivity contribution in [1.82, 2.24) is 14.8 Å². The van der Waals surface area contributed by atoms with E-state index in [1.54, 1.807) is 0 Å². The van der Waals surface area contributed by atoms with Crippen molar-refractivity contribution in [1.29, 1.82) is 0 Å². The molecule has 2 aromatic heterocycles. The van der Waals surface area contributed by atoms with Gasteiger partial charge in [-0.05, 0) is 23.8 Å². The van der Waals surface area contributed by atoms with Gasteiger partial charge in [0.05, 0.1) is 6.54 Å². The Morgan fingerprint density at radius 2 is 1.79 bits per heavy atom. The average Bonchev–Trinajstić information content (AvgIpc) is 2.98. The summed E-state index contributed by atoms with van der Waals surface area (Å²) in [5.41, 5.74) is -0.0878. The summed E-state index contributed by atoms with van der Waals surface area (Å²) < 4.78 is 57.1. The van der Waals surface area contributed by atoms with Crippen molar-refractivity contribution in [3.8, 4) is 11.5 Å². The molecular weight excluding hydrogens is 330 g/mol. The minimum atomic E-state index is -2.91. The first-order valence-corrected chi connectivity index (χ1v) is 6.70. The first-order chi connectivity index (χ1) is 11.4. The Morgan fingerprint density at radius 3 is 2.38 bits per heavy atom. The van der Waals surface area contributed by atoms with Gasteiger partial charge in [0.25, 0.3) is 11.4 Å². The van der Waals surface area contributed by atoms with Crippen LogP contribution in [0.3, 0.4) is 0 Å². The van der Waals surface area contributed by atoms with Crippen LogP contribution in [0.2, 0.25) is 0 Å². The lowest BCUT2D eigenvalue weighted by atomic mass is 10.2. The molecule has 0 saturated carbocycles. The maximum atomic E-state index is 13.2. The number of hydrogen-bond donors (Lipinski definition) is 0. The molecule has 0 unspecified atom stereocenters. The van der Waals surface area contributed by atoms with Crippen LogP contribution in [0.25, 0.3) is 11.5 Å². The van der Waals surface area contributed by atoms with E-state index in [4.69, 9.17) is 4.42 Å². The highest BCUT2D eigenvalue weighted by Crippen LogP contribution is 2.22. The van der Waals surface area contributed by atoms with Crippen LogP contribution in [0.4, 0.5) is 17.6 Å². The van der Waals surface area contributed by atoms with E-state index in [0.29, 0.717) is 0 Å². The second-order valence-electron chi connectivity index (χ2n) is 4.91. The molecule has 24 heavy (non-hydrogen) atoms. The largest absolute Gasteiger partial charge is 0.415 e. The smallest absolute Gasteiger partial charge is 0.314 e. The lowest BCUT2D eigenvalue weighted by molar-refractivity contribution is 0.116. The predicted octanol–water partition coefficient (Wildman–Crippen LogP) is 3.16. The third-order valence-corrected chi connectivity index (χ3v) is 3.15. The summed E-state index contributed by atoms with van der Waals surface area (Å²) in [7, 11) is 0. The van der Waals surface area contributed by atoms with E-state index < -0.39 is 29.5 Å². The Bertz CT molecular complexity index is 916. The molecule has 1 aromatic carbocycles. The summed E-state index contributed by atoms with van der Waals surface area (Å²) in [5.74, 6) is -2.56. The third-order valence-electron chi connectivity index (χ3n) is 3.15. The fourth-order valence-electron chi connectivity index (χ4n) is 2.11. The molecule has 9 heteroatoms. The van der Waals surface area contributed by atoms with Crippen LogP contribution in [0.5, 0.6) is 0 Å². The van der Waals surface area contributed by atoms with Gasteiger partial charge in [0, 0.05) is 23.9 Å². The SMILES string of the molecule is O=c1cc(-c2nnc(C(F)F)o2)ccn1Cc1cc(F)cc(F)c1. The average molecular weight is 339 g/mol. The molecule has 5 nitrogen and oxygen atoms in total. The minimum absolute atomic E-state index is 0.0556. The van der Waals surface area contributed by atoms with Crippen molar-refractivity contribution in [3.05, 3.63) is 70.0 Å². The lowest BCUT2D eigenvalue weighted by Crippen LogP contribution is -2.19. The lowest BCUT2D eigenvalue weighted by Gasteiger charge is -2.06. The summed E-state index contributed by atoms with van der Waals surface area (Å²) in [5, 5.41) is 6.61. The molecule has 0 aliphatic rings. The van der Waals surface area contributed by atoms with Gasteiger partial charge < -0.3 is 8.98 Å². The number of nitrogens with zero attached hydrogens (tertiary/aromatic N) is 3. The van der Waals surface area contributed by atoms with Gasteiger partial charge in [0.2, 0.25) is 5.89 Å². The van der Waals surface area contributed by atoms with Crippen molar-refractivity contribution in [3.63, 3.8) is 0 Å². The Hall–Kier alpha value is -2.97. The molecule has 2 heterocycles. The molecule has 3 aromatic rings. The maximum absolute atomic E-state index is 13.2. The second-order valence-corrected chi connectivity index (χ2v) is 4.91. The zero-order valence-electron chi connectivity index (χ0n) is 11.9.